The summed E-state index contributed by atoms with van der Waals surface area (Å²) in [6, 6.07) is 6.27. The van der Waals surface area contributed by atoms with Gasteiger partial charge in [-0.15, -0.1) is 0 Å². The monoisotopic (exact) mass is 268 g/mol. The van der Waals surface area contributed by atoms with Crippen molar-refractivity contribution in [3.05, 3.63) is 52.6 Å². The first-order valence-electron chi connectivity index (χ1n) is 5.49. The van der Waals surface area contributed by atoms with E-state index in [9.17, 15) is 4.39 Å². The molecular formula is C12H14ClFN4. The molecule has 18 heavy (non-hydrogen) atoms. The van der Waals surface area contributed by atoms with Crippen molar-refractivity contribution < 1.29 is 4.39 Å². The Morgan fingerprint density at radius 3 is 2.83 bits per heavy atom. The molecule has 2 rings (SSSR count). The molecule has 0 saturated heterocycles. The van der Waals surface area contributed by atoms with E-state index in [1.807, 2.05) is 13.1 Å². The number of hydrazine groups is 1. The average molecular weight is 269 g/mol. The summed E-state index contributed by atoms with van der Waals surface area (Å²) >= 11 is 5.72. The van der Waals surface area contributed by atoms with Gasteiger partial charge in [-0.2, -0.15) is 5.10 Å². The highest BCUT2D eigenvalue weighted by molar-refractivity contribution is 6.30. The summed E-state index contributed by atoms with van der Waals surface area (Å²) < 4.78 is 15.4. The second-order valence-electron chi connectivity index (χ2n) is 4.04. The lowest BCUT2D eigenvalue weighted by atomic mass is 10.0. The molecule has 0 aliphatic heterocycles. The molecule has 0 aliphatic rings. The fourth-order valence-electron chi connectivity index (χ4n) is 1.88. The highest BCUT2D eigenvalue weighted by Crippen LogP contribution is 2.21. The van der Waals surface area contributed by atoms with Crippen molar-refractivity contribution in [2.24, 2.45) is 12.9 Å². The fourth-order valence-corrected chi connectivity index (χ4v) is 2.04. The van der Waals surface area contributed by atoms with E-state index < -0.39 is 0 Å². The number of nitrogens with zero attached hydrogens (tertiary/aromatic N) is 2. The third-order valence-electron chi connectivity index (χ3n) is 2.86. The molecule has 96 valence electrons. The SMILES string of the molecule is Cn1nccc1C(Cc1ccc(Cl)cc1F)NN. The van der Waals surface area contributed by atoms with Gasteiger partial charge in [0.25, 0.3) is 0 Å². The lowest BCUT2D eigenvalue weighted by molar-refractivity contribution is 0.495. The smallest absolute Gasteiger partial charge is 0.127 e. The highest BCUT2D eigenvalue weighted by Gasteiger charge is 2.16. The van der Waals surface area contributed by atoms with Crippen molar-refractivity contribution in [3.63, 3.8) is 0 Å². The summed E-state index contributed by atoms with van der Waals surface area (Å²) in [5, 5.41) is 4.45. The Hall–Kier alpha value is -1.43. The second-order valence-corrected chi connectivity index (χ2v) is 4.48. The Morgan fingerprint density at radius 1 is 1.50 bits per heavy atom. The summed E-state index contributed by atoms with van der Waals surface area (Å²) in [5.74, 6) is 5.19. The lowest BCUT2D eigenvalue weighted by Gasteiger charge is -2.16. The molecule has 0 saturated carbocycles. The maximum absolute atomic E-state index is 13.7. The van der Waals surface area contributed by atoms with E-state index in [0.29, 0.717) is 17.0 Å². The molecule has 4 nitrogen and oxygen atoms in total. The Bertz CT molecular complexity index is 541. The van der Waals surface area contributed by atoms with Crippen LogP contribution in [0.15, 0.2) is 30.5 Å². The first-order chi connectivity index (χ1) is 8.61. The Labute approximate surface area is 110 Å². The quantitative estimate of drug-likeness (QED) is 0.658. The second kappa shape index (κ2) is 5.48. The van der Waals surface area contributed by atoms with Crippen LogP contribution in [0, 0.1) is 5.82 Å². The Morgan fingerprint density at radius 2 is 2.28 bits per heavy atom. The van der Waals surface area contributed by atoms with Gasteiger partial charge in [-0.1, -0.05) is 17.7 Å². The van der Waals surface area contributed by atoms with Crippen LogP contribution >= 0.6 is 11.6 Å². The number of halogens is 2. The fraction of sp³-hybridized carbons (Fsp3) is 0.250. The average Bonchev–Trinajstić information content (AvgIpc) is 2.75. The van der Waals surface area contributed by atoms with E-state index in [1.54, 1.807) is 23.0 Å². The van der Waals surface area contributed by atoms with Gasteiger partial charge >= 0.3 is 0 Å². The van der Waals surface area contributed by atoms with E-state index in [2.05, 4.69) is 10.5 Å². The molecule has 0 fully saturated rings. The number of aryl methyl sites for hydroxylation is 1. The van der Waals surface area contributed by atoms with E-state index in [4.69, 9.17) is 17.4 Å². The number of rotatable bonds is 4. The molecule has 1 heterocycles. The molecule has 1 aromatic carbocycles. The summed E-state index contributed by atoms with van der Waals surface area (Å²) in [6.45, 7) is 0. The Kier molecular flexibility index (Phi) is 3.96. The van der Waals surface area contributed by atoms with Gasteiger partial charge in [0.1, 0.15) is 5.82 Å². The van der Waals surface area contributed by atoms with Crippen LogP contribution in [0.25, 0.3) is 0 Å². The number of nitrogens with one attached hydrogen (secondary N) is 1. The van der Waals surface area contributed by atoms with Crippen molar-refractivity contribution >= 4 is 11.6 Å². The van der Waals surface area contributed by atoms with Gasteiger partial charge in [0.15, 0.2) is 0 Å². The number of hydrogen-bond donors (Lipinski definition) is 2. The molecule has 0 spiro atoms. The zero-order valence-electron chi connectivity index (χ0n) is 9.90. The number of hydrogen-bond acceptors (Lipinski definition) is 3. The minimum Gasteiger partial charge on any atom is -0.271 e. The van der Waals surface area contributed by atoms with Gasteiger partial charge in [-0.05, 0) is 30.2 Å². The molecule has 3 N–H and O–H groups in total. The minimum absolute atomic E-state index is 0.201. The normalized spacial score (nSPS) is 12.7. The van der Waals surface area contributed by atoms with E-state index >= 15 is 0 Å². The lowest BCUT2D eigenvalue weighted by Crippen LogP contribution is -2.31. The highest BCUT2D eigenvalue weighted by atomic mass is 35.5. The van der Waals surface area contributed by atoms with Gasteiger partial charge in [-0.3, -0.25) is 16.0 Å². The summed E-state index contributed by atoms with van der Waals surface area (Å²) in [5.41, 5.74) is 4.13. The summed E-state index contributed by atoms with van der Waals surface area (Å²) in [6.07, 6.45) is 2.11. The van der Waals surface area contributed by atoms with Crippen molar-refractivity contribution in [2.45, 2.75) is 12.5 Å². The van der Waals surface area contributed by atoms with Crippen LogP contribution in [0.1, 0.15) is 17.3 Å². The van der Waals surface area contributed by atoms with Gasteiger partial charge < -0.3 is 0 Å². The van der Waals surface area contributed by atoms with Crippen LogP contribution in [0.3, 0.4) is 0 Å². The standard InChI is InChI=1S/C12H14ClFN4/c1-18-12(4-5-16-18)11(17-15)6-8-2-3-9(13)7-10(8)14/h2-5,7,11,17H,6,15H2,1H3. The zero-order valence-corrected chi connectivity index (χ0v) is 10.7. The minimum atomic E-state index is -0.329. The third-order valence-corrected chi connectivity index (χ3v) is 3.09. The molecule has 6 heteroatoms. The maximum atomic E-state index is 13.7. The van der Waals surface area contributed by atoms with Crippen LogP contribution in [0.2, 0.25) is 5.02 Å². The molecule has 0 amide bonds. The summed E-state index contributed by atoms with van der Waals surface area (Å²) in [4.78, 5) is 0. The first kappa shape index (κ1) is 13.0. The molecule has 0 bridgehead atoms. The van der Waals surface area contributed by atoms with Crippen LogP contribution in [0.4, 0.5) is 4.39 Å². The molecule has 1 unspecified atom stereocenters. The number of aromatic nitrogens is 2. The number of benzene rings is 1. The van der Waals surface area contributed by atoms with E-state index in [0.717, 1.165) is 5.69 Å². The molecule has 2 aromatic rings. The van der Waals surface area contributed by atoms with Crippen LogP contribution in [-0.2, 0) is 13.5 Å². The van der Waals surface area contributed by atoms with Gasteiger partial charge in [0, 0.05) is 18.3 Å². The van der Waals surface area contributed by atoms with Crippen LogP contribution < -0.4 is 11.3 Å². The molecule has 1 atom stereocenters. The molecular weight excluding hydrogens is 255 g/mol. The maximum Gasteiger partial charge on any atom is 0.127 e. The van der Waals surface area contributed by atoms with Gasteiger partial charge in [0.05, 0.1) is 11.7 Å². The zero-order chi connectivity index (χ0) is 13.1. The predicted octanol–water partition coefficient (Wildman–Crippen LogP) is 1.96. The Balaban J connectivity index is 2.23. The number of nitrogens with two attached hydrogens (primary N) is 1. The van der Waals surface area contributed by atoms with Crippen molar-refractivity contribution in [1.82, 2.24) is 15.2 Å². The largest absolute Gasteiger partial charge is 0.271 e. The van der Waals surface area contributed by atoms with Gasteiger partial charge in [-0.25, -0.2) is 4.39 Å². The van der Waals surface area contributed by atoms with Crippen LogP contribution in [-0.4, -0.2) is 9.78 Å². The van der Waals surface area contributed by atoms with Gasteiger partial charge in [0.2, 0.25) is 0 Å². The topological polar surface area (TPSA) is 55.9 Å². The first-order valence-corrected chi connectivity index (χ1v) is 5.87. The third kappa shape index (κ3) is 2.69. The van der Waals surface area contributed by atoms with E-state index in [-0.39, 0.29) is 11.9 Å². The predicted molar refractivity (Wildman–Crippen MR) is 68.4 cm³/mol. The van der Waals surface area contributed by atoms with Crippen molar-refractivity contribution in [3.8, 4) is 0 Å². The molecule has 0 aliphatic carbocycles. The van der Waals surface area contributed by atoms with Crippen molar-refractivity contribution in [1.29, 1.82) is 0 Å². The van der Waals surface area contributed by atoms with Crippen molar-refractivity contribution in [2.75, 3.05) is 0 Å². The summed E-state index contributed by atoms with van der Waals surface area (Å²) in [7, 11) is 1.82. The molecule has 1 aromatic heterocycles. The van der Waals surface area contributed by atoms with Crippen LogP contribution in [0.5, 0.6) is 0 Å². The molecule has 0 radical (unpaired) electrons. The van der Waals surface area contributed by atoms with E-state index in [1.165, 1.54) is 6.07 Å².